The van der Waals surface area contributed by atoms with Crippen LogP contribution in [0.15, 0.2) is 47.1 Å². The molecule has 0 aliphatic carbocycles. The van der Waals surface area contributed by atoms with E-state index in [-0.39, 0.29) is 0 Å². The zero-order valence-corrected chi connectivity index (χ0v) is 8.75. The number of anilines is 2. The lowest BCUT2D eigenvalue weighted by molar-refractivity contribution is 0.204. The maximum absolute atomic E-state index is 11.2. The molecule has 1 aromatic heterocycles. The largest absolute Gasteiger partial charge is 0.467 e. The molecule has 0 bridgehead atoms. The SMILES string of the molecule is Cc1occc1N(C(=O)O)c1ccccc1. The molecule has 1 aromatic carbocycles. The molecule has 0 saturated carbocycles. The minimum atomic E-state index is -1.03. The maximum Gasteiger partial charge on any atom is 0.416 e. The van der Waals surface area contributed by atoms with E-state index in [0.717, 1.165) is 0 Å². The molecule has 4 heteroatoms. The highest BCUT2D eigenvalue weighted by Crippen LogP contribution is 2.28. The first-order valence-electron chi connectivity index (χ1n) is 4.82. The van der Waals surface area contributed by atoms with Crippen LogP contribution in [0, 0.1) is 6.92 Å². The van der Waals surface area contributed by atoms with Gasteiger partial charge in [0.25, 0.3) is 0 Å². The van der Waals surface area contributed by atoms with Crippen LogP contribution >= 0.6 is 0 Å². The minimum absolute atomic E-state index is 0.540. The maximum atomic E-state index is 11.2. The van der Waals surface area contributed by atoms with Crippen molar-refractivity contribution in [3.05, 3.63) is 48.4 Å². The molecule has 0 aliphatic rings. The predicted molar refractivity (Wildman–Crippen MR) is 60.1 cm³/mol. The number of aryl methyl sites for hydroxylation is 1. The lowest BCUT2D eigenvalue weighted by atomic mass is 10.2. The average Bonchev–Trinajstić information content (AvgIpc) is 2.66. The Morgan fingerprint density at radius 3 is 2.44 bits per heavy atom. The van der Waals surface area contributed by atoms with Crippen molar-refractivity contribution in [2.45, 2.75) is 6.92 Å². The molecule has 0 spiro atoms. The van der Waals surface area contributed by atoms with E-state index in [1.807, 2.05) is 6.07 Å². The molecule has 0 unspecified atom stereocenters. The van der Waals surface area contributed by atoms with Crippen LogP contribution in [0.25, 0.3) is 0 Å². The van der Waals surface area contributed by atoms with E-state index < -0.39 is 6.09 Å². The van der Waals surface area contributed by atoms with Gasteiger partial charge in [-0.05, 0) is 19.1 Å². The van der Waals surface area contributed by atoms with Crippen molar-refractivity contribution in [1.29, 1.82) is 0 Å². The van der Waals surface area contributed by atoms with Crippen molar-refractivity contribution in [3.8, 4) is 0 Å². The smallest absolute Gasteiger partial charge is 0.416 e. The predicted octanol–water partition coefficient (Wildman–Crippen LogP) is 3.40. The van der Waals surface area contributed by atoms with Crippen molar-refractivity contribution < 1.29 is 14.3 Å². The highest BCUT2D eigenvalue weighted by Gasteiger charge is 2.19. The number of hydrogen-bond acceptors (Lipinski definition) is 2. The van der Waals surface area contributed by atoms with E-state index >= 15 is 0 Å². The molecule has 0 fully saturated rings. The molecule has 0 radical (unpaired) electrons. The Hall–Kier alpha value is -2.23. The fraction of sp³-hybridized carbons (Fsp3) is 0.0833. The van der Waals surface area contributed by atoms with E-state index in [0.29, 0.717) is 17.1 Å². The second kappa shape index (κ2) is 4.10. The Morgan fingerprint density at radius 1 is 1.25 bits per heavy atom. The summed E-state index contributed by atoms with van der Waals surface area (Å²) in [5.41, 5.74) is 1.14. The summed E-state index contributed by atoms with van der Waals surface area (Å²) in [4.78, 5) is 12.4. The molecule has 1 N–H and O–H groups in total. The number of carbonyl (C=O) groups is 1. The van der Waals surface area contributed by atoms with Gasteiger partial charge >= 0.3 is 6.09 Å². The van der Waals surface area contributed by atoms with Gasteiger partial charge in [0.1, 0.15) is 5.76 Å². The first-order valence-corrected chi connectivity index (χ1v) is 4.82. The highest BCUT2D eigenvalue weighted by atomic mass is 16.4. The Bertz CT molecular complexity index is 490. The quantitative estimate of drug-likeness (QED) is 0.838. The molecule has 82 valence electrons. The van der Waals surface area contributed by atoms with Crippen LogP contribution in [-0.2, 0) is 0 Å². The summed E-state index contributed by atoms with van der Waals surface area (Å²) in [5.74, 6) is 0.575. The van der Waals surface area contributed by atoms with E-state index in [9.17, 15) is 9.90 Å². The lowest BCUT2D eigenvalue weighted by Gasteiger charge is -2.17. The number of nitrogens with zero attached hydrogens (tertiary/aromatic N) is 1. The summed E-state index contributed by atoms with van der Waals surface area (Å²) in [6.07, 6.45) is 0.444. The van der Waals surface area contributed by atoms with Crippen molar-refractivity contribution in [3.63, 3.8) is 0 Å². The Balaban J connectivity index is 2.48. The topological polar surface area (TPSA) is 53.7 Å². The van der Waals surface area contributed by atoms with E-state index in [4.69, 9.17) is 4.42 Å². The number of carboxylic acid groups (broad SMARTS) is 1. The van der Waals surface area contributed by atoms with Gasteiger partial charge in [-0.25, -0.2) is 9.69 Å². The van der Waals surface area contributed by atoms with Crippen LogP contribution in [0.4, 0.5) is 16.2 Å². The van der Waals surface area contributed by atoms with Crippen LogP contribution in [0.2, 0.25) is 0 Å². The van der Waals surface area contributed by atoms with Crippen LogP contribution in [-0.4, -0.2) is 11.2 Å². The van der Waals surface area contributed by atoms with E-state index in [2.05, 4.69) is 0 Å². The number of benzene rings is 1. The second-order valence-corrected chi connectivity index (χ2v) is 3.32. The van der Waals surface area contributed by atoms with Gasteiger partial charge in [-0.3, -0.25) is 0 Å². The van der Waals surface area contributed by atoms with Gasteiger partial charge < -0.3 is 9.52 Å². The first kappa shape index (κ1) is 10.3. The van der Waals surface area contributed by atoms with Gasteiger partial charge in [0, 0.05) is 6.07 Å². The summed E-state index contributed by atoms with van der Waals surface area (Å²) >= 11 is 0. The van der Waals surface area contributed by atoms with Crippen LogP contribution in [0.5, 0.6) is 0 Å². The van der Waals surface area contributed by atoms with Gasteiger partial charge in [0.15, 0.2) is 0 Å². The molecule has 1 amide bonds. The number of para-hydroxylation sites is 1. The van der Waals surface area contributed by atoms with Crippen LogP contribution < -0.4 is 4.90 Å². The van der Waals surface area contributed by atoms with Crippen molar-refractivity contribution >= 4 is 17.5 Å². The standard InChI is InChI=1S/C12H11NO3/c1-9-11(7-8-16-9)13(12(14)15)10-5-3-2-4-6-10/h2-8H,1H3,(H,14,15). The lowest BCUT2D eigenvalue weighted by Crippen LogP contribution is -2.23. The van der Waals surface area contributed by atoms with Crippen molar-refractivity contribution in [2.75, 3.05) is 4.90 Å². The summed E-state index contributed by atoms with van der Waals surface area (Å²) < 4.78 is 5.11. The molecule has 16 heavy (non-hydrogen) atoms. The van der Waals surface area contributed by atoms with Gasteiger partial charge in [-0.1, -0.05) is 18.2 Å². The Kier molecular flexibility index (Phi) is 2.64. The van der Waals surface area contributed by atoms with E-state index in [1.54, 1.807) is 37.3 Å². The number of hydrogen-bond donors (Lipinski definition) is 1. The van der Waals surface area contributed by atoms with Crippen molar-refractivity contribution in [1.82, 2.24) is 0 Å². The van der Waals surface area contributed by atoms with Crippen molar-refractivity contribution in [2.24, 2.45) is 0 Å². The van der Waals surface area contributed by atoms with Crippen LogP contribution in [0.1, 0.15) is 5.76 Å². The second-order valence-electron chi connectivity index (χ2n) is 3.32. The summed E-state index contributed by atoms with van der Waals surface area (Å²) in [6.45, 7) is 1.73. The third kappa shape index (κ3) is 1.77. The number of amides is 1. The first-order chi connectivity index (χ1) is 7.70. The molecular formula is C12H11NO3. The van der Waals surface area contributed by atoms with Gasteiger partial charge in [-0.2, -0.15) is 0 Å². The fourth-order valence-corrected chi connectivity index (χ4v) is 1.54. The van der Waals surface area contributed by atoms with Gasteiger partial charge in [-0.15, -0.1) is 0 Å². The number of furan rings is 1. The molecule has 0 aliphatic heterocycles. The zero-order valence-electron chi connectivity index (χ0n) is 8.75. The summed E-state index contributed by atoms with van der Waals surface area (Å²) in [5, 5.41) is 9.21. The molecule has 1 heterocycles. The molecule has 2 aromatic rings. The molecule has 0 atom stereocenters. The minimum Gasteiger partial charge on any atom is -0.467 e. The average molecular weight is 217 g/mol. The Labute approximate surface area is 92.7 Å². The monoisotopic (exact) mass is 217 g/mol. The summed E-state index contributed by atoms with van der Waals surface area (Å²) in [7, 11) is 0. The van der Waals surface area contributed by atoms with Crippen LogP contribution in [0.3, 0.4) is 0 Å². The van der Waals surface area contributed by atoms with Gasteiger partial charge in [0.05, 0.1) is 17.6 Å². The summed E-state index contributed by atoms with van der Waals surface area (Å²) in [6, 6.07) is 10.5. The molecule has 4 nitrogen and oxygen atoms in total. The van der Waals surface area contributed by atoms with Gasteiger partial charge in [0.2, 0.25) is 0 Å². The Morgan fingerprint density at radius 2 is 1.94 bits per heavy atom. The molecule has 0 saturated heterocycles. The third-order valence-corrected chi connectivity index (χ3v) is 2.28. The molecular weight excluding hydrogens is 206 g/mol. The molecule has 2 rings (SSSR count). The fourth-order valence-electron chi connectivity index (χ4n) is 1.54. The highest BCUT2D eigenvalue weighted by molar-refractivity contribution is 5.95. The zero-order chi connectivity index (χ0) is 11.5. The van der Waals surface area contributed by atoms with E-state index in [1.165, 1.54) is 11.2 Å². The number of rotatable bonds is 2. The third-order valence-electron chi connectivity index (χ3n) is 2.28. The normalized spacial score (nSPS) is 10.1.